The SMILES string of the molecule is COc1cccc2cc(C(=O)Nc3ccc(S(=O)(=O)Nc4ccccc4Cl)cc3)oc12. The van der Waals surface area contributed by atoms with Crippen LogP contribution in [0.5, 0.6) is 5.75 Å². The summed E-state index contributed by atoms with van der Waals surface area (Å²) in [5.41, 5.74) is 1.17. The lowest BCUT2D eigenvalue weighted by Crippen LogP contribution is -2.14. The topological polar surface area (TPSA) is 97.6 Å². The lowest BCUT2D eigenvalue weighted by Gasteiger charge is -2.10. The first-order valence-corrected chi connectivity index (χ1v) is 11.0. The highest BCUT2D eigenvalue weighted by atomic mass is 35.5. The fourth-order valence-electron chi connectivity index (χ4n) is 2.97. The van der Waals surface area contributed by atoms with Gasteiger partial charge in [-0.2, -0.15) is 0 Å². The highest BCUT2D eigenvalue weighted by Gasteiger charge is 2.17. The van der Waals surface area contributed by atoms with Crippen molar-refractivity contribution in [3.63, 3.8) is 0 Å². The molecule has 0 spiro atoms. The van der Waals surface area contributed by atoms with Crippen LogP contribution in [0.1, 0.15) is 10.6 Å². The predicted molar refractivity (Wildman–Crippen MR) is 119 cm³/mol. The summed E-state index contributed by atoms with van der Waals surface area (Å²) in [7, 11) is -2.32. The summed E-state index contributed by atoms with van der Waals surface area (Å²) in [6, 6.07) is 19.2. The van der Waals surface area contributed by atoms with Gasteiger partial charge in [0.15, 0.2) is 17.1 Å². The van der Waals surface area contributed by atoms with Gasteiger partial charge in [0.2, 0.25) is 0 Å². The molecule has 0 aliphatic rings. The predicted octanol–water partition coefficient (Wildman–Crippen LogP) is 5.15. The van der Waals surface area contributed by atoms with Crippen LogP contribution < -0.4 is 14.8 Å². The molecule has 0 saturated carbocycles. The van der Waals surface area contributed by atoms with Crippen LogP contribution >= 0.6 is 11.6 Å². The number of halogens is 1. The van der Waals surface area contributed by atoms with E-state index in [1.54, 1.807) is 42.5 Å². The quantitative estimate of drug-likeness (QED) is 0.418. The van der Waals surface area contributed by atoms with Gasteiger partial charge in [0.05, 0.1) is 22.7 Å². The lowest BCUT2D eigenvalue weighted by molar-refractivity contribution is 0.0998. The van der Waals surface area contributed by atoms with Gasteiger partial charge >= 0.3 is 0 Å². The number of hydrogen-bond donors (Lipinski definition) is 2. The van der Waals surface area contributed by atoms with Gasteiger partial charge in [0.25, 0.3) is 15.9 Å². The maximum atomic E-state index is 12.6. The minimum atomic E-state index is -3.84. The van der Waals surface area contributed by atoms with Crippen LogP contribution in [0.4, 0.5) is 11.4 Å². The number of para-hydroxylation sites is 2. The number of rotatable bonds is 6. The zero-order valence-corrected chi connectivity index (χ0v) is 17.8. The Morgan fingerprint density at radius 3 is 2.45 bits per heavy atom. The zero-order valence-electron chi connectivity index (χ0n) is 16.3. The number of ether oxygens (including phenoxy) is 1. The third-order valence-corrected chi connectivity index (χ3v) is 6.20. The second kappa shape index (κ2) is 8.33. The summed E-state index contributed by atoms with van der Waals surface area (Å²) >= 11 is 6.02. The van der Waals surface area contributed by atoms with E-state index in [4.69, 9.17) is 20.8 Å². The summed E-state index contributed by atoms with van der Waals surface area (Å²) < 4.78 is 38.5. The Morgan fingerprint density at radius 1 is 1.00 bits per heavy atom. The normalized spacial score (nSPS) is 11.3. The molecule has 0 bridgehead atoms. The zero-order chi connectivity index (χ0) is 22.0. The van der Waals surface area contributed by atoms with Crippen molar-refractivity contribution in [1.82, 2.24) is 0 Å². The number of benzene rings is 3. The number of methoxy groups -OCH3 is 1. The molecule has 0 fully saturated rings. The van der Waals surface area contributed by atoms with E-state index in [1.807, 2.05) is 6.07 Å². The molecular weight excluding hydrogens is 440 g/mol. The highest BCUT2D eigenvalue weighted by molar-refractivity contribution is 7.92. The lowest BCUT2D eigenvalue weighted by atomic mass is 10.2. The molecule has 1 heterocycles. The largest absolute Gasteiger partial charge is 0.493 e. The number of fused-ring (bicyclic) bond motifs is 1. The van der Waals surface area contributed by atoms with Crippen LogP contribution in [0.3, 0.4) is 0 Å². The fraction of sp³-hybridized carbons (Fsp3) is 0.0455. The van der Waals surface area contributed by atoms with Crippen molar-refractivity contribution >= 4 is 49.9 Å². The third-order valence-electron chi connectivity index (χ3n) is 4.49. The molecule has 0 aliphatic heterocycles. The van der Waals surface area contributed by atoms with Crippen LogP contribution in [-0.4, -0.2) is 21.4 Å². The molecule has 7 nitrogen and oxygen atoms in total. The Labute approximate surface area is 183 Å². The Balaban J connectivity index is 1.51. The van der Waals surface area contributed by atoms with Gasteiger partial charge in [-0.05, 0) is 48.5 Å². The van der Waals surface area contributed by atoms with E-state index in [0.717, 1.165) is 5.39 Å². The van der Waals surface area contributed by atoms with Gasteiger partial charge in [-0.25, -0.2) is 8.42 Å². The summed E-state index contributed by atoms with van der Waals surface area (Å²) in [5, 5.41) is 3.71. The van der Waals surface area contributed by atoms with Crippen LogP contribution in [0, 0.1) is 0 Å². The van der Waals surface area contributed by atoms with Gasteiger partial charge in [0, 0.05) is 11.1 Å². The van der Waals surface area contributed by atoms with Crippen LogP contribution in [0.25, 0.3) is 11.0 Å². The van der Waals surface area contributed by atoms with E-state index < -0.39 is 15.9 Å². The number of carbonyl (C=O) groups excluding carboxylic acids is 1. The maximum Gasteiger partial charge on any atom is 0.291 e. The van der Waals surface area contributed by atoms with Crippen molar-refractivity contribution in [2.75, 3.05) is 17.1 Å². The van der Waals surface area contributed by atoms with Gasteiger partial charge in [-0.3, -0.25) is 9.52 Å². The number of sulfonamides is 1. The van der Waals surface area contributed by atoms with Crippen molar-refractivity contribution in [1.29, 1.82) is 0 Å². The Kier molecular flexibility index (Phi) is 5.58. The highest BCUT2D eigenvalue weighted by Crippen LogP contribution is 2.29. The molecular formula is C22H17ClN2O5S. The number of nitrogens with one attached hydrogen (secondary N) is 2. The standard InChI is InChI=1S/C22H17ClN2O5S/c1-29-19-8-4-5-14-13-20(30-21(14)19)22(26)24-15-9-11-16(12-10-15)31(27,28)25-18-7-3-2-6-17(18)23/h2-13,25H,1H3,(H,24,26). The average molecular weight is 457 g/mol. The van der Waals surface area contributed by atoms with Crippen LogP contribution in [-0.2, 0) is 10.0 Å². The molecule has 0 radical (unpaired) electrons. The minimum absolute atomic E-state index is 0.0268. The van der Waals surface area contributed by atoms with E-state index >= 15 is 0 Å². The van der Waals surface area contributed by atoms with E-state index in [2.05, 4.69) is 10.0 Å². The summed E-state index contributed by atoms with van der Waals surface area (Å²) in [5.74, 6) is 0.164. The second-order valence-electron chi connectivity index (χ2n) is 6.55. The van der Waals surface area contributed by atoms with E-state index in [1.165, 1.54) is 31.4 Å². The number of amides is 1. The number of carbonyl (C=O) groups is 1. The van der Waals surface area contributed by atoms with Crippen molar-refractivity contribution < 1.29 is 22.4 Å². The molecule has 1 amide bonds. The minimum Gasteiger partial charge on any atom is -0.493 e. The first-order valence-electron chi connectivity index (χ1n) is 9.13. The molecule has 4 aromatic rings. The van der Waals surface area contributed by atoms with Crippen molar-refractivity contribution in [3.8, 4) is 5.75 Å². The summed E-state index contributed by atoms with van der Waals surface area (Å²) in [6.45, 7) is 0. The number of hydrogen-bond acceptors (Lipinski definition) is 5. The molecule has 3 aromatic carbocycles. The monoisotopic (exact) mass is 456 g/mol. The Morgan fingerprint density at radius 2 is 1.74 bits per heavy atom. The van der Waals surface area contributed by atoms with Gasteiger partial charge < -0.3 is 14.5 Å². The Bertz CT molecular complexity index is 1360. The third kappa shape index (κ3) is 4.35. The van der Waals surface area contributed by atoms with Crippen LogP contribution in [0.15, 0.2) is 82.1 Å². The van der Waals surface area contributed by atoms with Gasteiger partial charge in [-0.1, -0.05) is 35.9 Å². The molecule has 0 atom stereocenters. The van der Waals surface area contributed by atoms with E-state index in [-0.39, 0.29) is 21.4 Å². The van der Waals surface area contributed by atoms with E-state index in [0.29, 0.717) is 17.0 Å². The molecule has 31 heavy (non-hydrogen) atoms. The number of anilines is 2. The van der Waals surface area contributed by atoms with Gasteiger partial charge in [0.1, 0.15) is 0 Å². The van der Waals surface area contributed by atoms with Crippen molar-refractivity contribution in [3.05, 3.63) is 83.6 Å². The summed E-state index contributed by atoms with van der Waals surface area (Å²) in [6.07, 6.45) is 0. The van der Waals surface area contributed by atoms with Crippen molar-refractivity contribution in [2.45, 2.75) is 4.90 Å². The maximum absolute atomic E-state index is 12.6. The molecule has 2 N–H and O–H groups in total. The number of furan rings is 1. The smallest absolute Gasteiger partial charge is 0.291 e. The fourth-order valence-corrected chi connectivity index (χ4v) is 4.29. The molecule has 0 aliphatic carbocycles. The van der Waals surface area contributed by atoms with Crippen LogP contribution in [0.2, 0.25) is 5.02 Å². The molecule has 0 unspecified atom stereocenters. The molecule has 9 heteroatoms. The van der Waals surface area contributed by atoms with Gasteiger partial charge in [-0.15, -0.1) is 0 Å². The first kappa shape index (κ1) is 20.8. The molecule has 0 saturated heterocycles. The van der Waals surface area contributed by atoms with E-state index in [9.17, 15) is 13.2 Å². The van der Waals surface area contributed by atoms with Crippen molar-refractivity contribution in [2.24, 2.45) is 0 Å². The summed E-state index contributed by atoms with van der Waals surface area (Å²) in [4.78, 5) is 12.6. The Hall–Kier alpha value is -3.49. The molecule has 1 aromatic heterocycles. The second-order valence-corrected chi connectivity index (χ2v) is 8.64. The molecule has 158 valence electrons. The average Bonchev–Trinajstić information content (AvgIpc) is 3.20. The molecule has 4 rings (SSSR count). The first-order chi connectivity index (χ1) is 14.9.